The molecule has 2 atom stereocenters. The normalized spacial score (nSPS) is 19.3. The maximum absolute atomic E-state index is 5.72. The van der Waals surface area contributed by atoms with Crippen molar-refractivity contribution in [3.8, 4) is 5.69 Å². The third-order valence-electron chi connectivity index (χ3n) is 5.07. The number of nitrogens with zero attached hydrogens (tertiary/aromatic N) is 3. The Morgan fingerprint density at radius 1 is 1.04 bits per heavy atom. The van der Waals surface area contributed by atoms with Crippen molar-refractivity contribution in [2.24, 2.45) is 0 Å². The molecule has 138 valence electrons. The monoisotopic (exact) mass is 376 g/mol. The van der Waals surface area contributed by atoms with Crippen molar-refractivity contribution >= 4 is 17.3 Å². The standard InChI is InChI=1S/C22H24N4S/c1-2-3-15-26-21(20(24-22(26)27)18-12-7-8-14-23-18)19-13-9-16-25(19)17-10-5-4-6-11-17/h4-14,16,20-21H,2-3,15H2,1H3,(H,24,27). The first-order valence-electron chi connectivity index (χ1n) is 9.50. The van der Waals surface area contributed by atoms with Crippen LogP contribution in [-0.2, 0) is 0 Å². The molecule has 0 spiro atoms. The number of benzene rings is 1. The first-order chi connectivity index (χ1) is 13.3. The molecule has 0 radical (unpaired) electrons. The lowest BCUT2D eigenvalue weighted by atomic mass is 10.0. The lowest BCUT2D eigenvalue weighted by Crippen LogP contribution is -2.31. The van der Waals surface area contributed by atoms with Gasteiger partial charge in [-0.25, -0.2) is 0 Å². The second-order valence-electron chi connectivity index (χ2n) is 6.81. The van der Waals surface area contributed by atoms with E-state index in [1.165, 1.54) is 5.69 Å². The Bertz CT molecular complexity index is 891. The summed E-state index contributed by atoms with van der Waals surface area (Å²) < 4.78 is 2.26. The molecular formula is C22H24N4S. The van der Waals surface area contributed by atoms with Gasteiger partial charge in [-0.1, -0.05) is 37.6 Å². The topological polar surface area (TPSA) is 33.1 Å². The molecule has 1 aliphatic rings. The molecule has 4 nitrogen and oxygen atoms in total. The number of rotatable bonds is 6. The van der Waals surface area contributed by atoms with Gasteiger partial charge in [-0.15, -0.1) is 0 Å². The van der Waals surface area contributed by atoms with Gasteiger partial charge >= 0.3 is 0 Å². The summed E-state index contributed by atoms with van der Waals surface area (Å²) in [4.78, 5) is 6.94. The average Bonchev–Trinajstić information content (AvgIpc) is 3.32. The van der Waals surface area contributed by atoms with Gasteiger partial charge in [0, 0.05) is 30.3 Å². The van der Waals surface area contributed by atoms with Crippen LogP contribution in [0.1, 0.15) is 43.2 Å². The van der Waals surface area contributed by atoms with Crippen LogP contribution in [0.2, 0.25) is 0 Å². The number of hydrogen-bond donors (Lipinski definition) is 1. The lowest BCUT2D eigenvalue weighted by molar-refractivity contribution is 0.304. The zero-order chi connectivity index (χ0) is 18.6. The molecule has 0 aliphatic carbocycles. The van der Waals surface area contributed by atoms with Crippen LogP contribution in [0.4, 0.5) is 0 Å². The van der Waals surface area contributed by atoms with Gasteiger partial charge < -0.3 is 14.8 Å². The smallest absolute Gasteiger partial charge is 0.170 e. The number of nitrogens with one attached hydrogen (secondary N) is 1. The second kappa shape index (κ2) is 7.92. The van der Waals surface area contributed by atoms with E-state index >= 15 is 0 Å². The number of para-hydroxylation sites is 1. The Balaban J connectivity index is 1.78. The minimum atomic E-state index is 0.0351. The average molecular weight is 377 g/mol. The van der Waals surface area contributed by atoms with Crippen LogP contribution in [0.15, 0.2) is 73.1 Å². The lowest BCUT2D eigenvalue weighted by Gasteiger charge is -2.29. The number of unbranched alkanes of at least 4 members (excludes halogenated alkanes) is 1. The van der Waals surface area contributed by atoms with Crippen molar-refractivity contribution < 1.29 is 0 Å². The maximum Gasteiger partial charge on any atom is 0.170 e. The fraction of sp³-hybridized carbons (Fsp3) is 0.273. The van der Waals surface area contributed by atoms with Gasteiger partial charge in [0.15, 0.2) is 5.11 Å². The molecule has 3 aromatic rings. The van der Waals surface area contributed by atoms with Crippen LogP contribution in [0.3, 0.4) is 0 Å². The highest BCUT2D eigenvalue weighted by atomic mass is 32.1. The number of thiocarbonyl (C=S) groups is 1. The summed E-state index contributed by atoms with van der Waals surface area (Å²) in [5.41, 5.74) is 3.40. The highest BCUT2D eigenvalue weighted by molar-refractivity contribution is 7.80. The van der Waals surface area contributed by atoms with Gasteiger partial charge in [-0.05, 0) is 55.0 Å². The summed E-state index contributed by atoms with van der Waals surface area (Å²) in [5, 5.41) is 4.34. The van der Waals surface area contributed by atoms with E-state index < -0.39 is 0 Å². The van der Waals surface area contributed by atoms with Crippen molar-refractivity contribution in [1.29, 1.82) is 0 Å². The molecule has 5 heteroatoms. The molecule has 1 fully saturated rings. The van der Waals surface area contributed by atoms with E-state index in [0.29, 0.717) is 0 Å². The minimum Gasteiger partial charge on any atom is -0.352 e. The fourth-order valence-corrected chi connectivity index (χ4v) is 4.09. The van der Waals surface area contributed by atoms with Crippen LogP contribution in [-0.4, -0.2) is 26.1 Å². The van der Waals surface area contributed by atoms with Crippen molar-refractivity contribution in [3.63, 3.8) is 0 Å². The van der Waals surface area contributed by atoms with Crippen LogP contribution < -0.4 is 5.32 Å². The minimum absolute atomic E-state index is 0.0351. The predicted octanol–water partition coefficient (Wildman–Crippen LogP) is 4.64. The molecule has 27 heavy (non-hydrogen) atoms. The Labute approximate surface area is 165 Å². The van der Waals surface area contributed by atoms with Crippen molar-refractivity contribution in [1.82, 2.24) is 19.8 Å². The molecule has 2 unspecified atom stereocenters. The molecule has 1 saturated heterocycles. The Morgan fingerprint density at radius 3 is 2.59 bits per heavy atom. The van der Waals surface area contributed by atoms with E-state index in [0.717, 1.165) is 35.9 Å². The SMILES string of the molecule is CCCCN1C(=S)NC(c2ccccn2)C1c1cccn1-c1ccccc1. The summed E-state index contributed by atoms with van der Waals surface area (Å²) in [6.07, 6.45) is 6.22. The van der Waals surface area contributed by atoms with E-state index in [-0.39, 0.29) is 12.1 Å². The predicted molar refractivity (Wildman–Crippen MR) is 113 cm³/mol. The van der Waals surface area contributed by atoms with Crippen molar-refractivity contribution in [3.05, 3.63) is 84.4 Å². The fourth-order valence-electron chi connectivity index (χ4n) is 3.76. The van der Waals surface area contributed by atoms with Crippen LogP contribution in [0, 0.1) is 0 Å². The van der Waals surface area contributed by atoms with Gasteiger partial charge in [-0.3, -0.25) is 4.98 Å². The maximum atomic E-state index is 5.72. The van der Waals surface area contributed by atoms with Gasteiger partial charge in [0.2, 0.25) is 0 Å². The molecule has 0 saturated carbocycles. The number of hydrogen-bond acceptors (Lipinski definition) is 2. The highest BCUT2D eigenvalue weighted by Crippen LogP contribution is 2.39. The number of pyridine rings is 1. The van der Waals surface area contributed by atoms with Crippen LogP contribution >= 0.6 is 12.2 Å². The third kappa shape index (κ3) is 3.47. The van der Waals surface area contributed by atoms with Gasteiger partial charge in [0.25, 0.3) is 0 Å². The Morgan fingerprint density at radius 2 is 1.85 bits per heavy atom. The molecule has 1 aliphatic heterocycles. The molecule has 0 bridgehead atoms. The molecule has 1 aromatic carbocycles. The van der Waals surface area contributed by atoms with Crippen molar-refractivity contribution in [2.75, 3.05) is 6.54 Å². The largest absolute Gasteiger partial charge is 0.352 e. The van der Waals surface area contributed by atoms with E-state index in [2.05, 4.69) is 75.4 Å². The molecule has 0 amide bonds. The summed E-state index contributed by atoms with van der Waals surface area (Å²) in [6, 6.07) is 21.0. The Kier molecular flexibility index (Phi) is 5.21. The van der Waals surface area contributed by atoms with E-state index in [9.17, 15) is 0 Å². The first kappa shape index (κ1) is 17.7. The summed E-state index contributed by atoms with van der Waals surface area (Å²) in [6.45, 7) is 3.15. The second-order valence-corrected chi connectivity index (χ2v) is 7.20. The number of aromatic nitrogens is 2. The zero-order valence-electron chi connectivity index (χ0n) is 15.5. The zero-order valence-corrected chi connectivity index (χ0v) is 16.3. The quantitative estimate of drug-likeness (QED) is 0.635. The third-order valence-corrected chi connectivity index (χ3v) is 5.42. The van der Waals surface area contributed by atoms with Crippen LogP contribution in [0.5, 0.6) is 0 Å². The molecular weight excluding hydrogens is 352 g/mol. The van der Waals surface area contributed by atoms with Crippen LogP contribution in [0.25, 0.3) is 5.69 Å². The molecule has 1 N–H and O–H groups in total. The Hall–Kier alpha value is -2.66. The summed E-state index contributed by atoms with van der Waals surface area (Å²) in [7, 11) is 0. The molecule has 2 aromatic heterocycles. The van der Waals surface area contributed by atoms with E-state index in [1.807, 2.05) is 24.4 Å². The van der Waals surface area contributed by atoms with Gasteiger partial charge in [0.05, 0.1) is 17.8 Å². The molecule has 3 heterocycles. The van der Waals surface area contributed by atoms with E-state index in [1.54, 1.807) is 0 Å². The summed E-state index contributed by atoms with van der Waals surface area (Å²) >= 11 is 5.72. The van der Waals surface area contributed by atoms with E-state index in [4.69, 9.17) is 12.2 Å². The molecule has 4 rings (SSSR count). The van der Waals surface area contributed by atoms with Gasteiger partial charge in [0.1, 0.15) is 0 Å². The highest BCUT2D eigenvalue weighted by Gasteiger charge is 2.40. The van der Waals surface area contributed by atoms with Crippen molar-refractivity contribution in [2.45, 2.75) is 31.8 Å². The summed E-state index contributed by atoms with van der Waals surface area (Å²) in [5.74, 6) is 0. The first-order valence-corrected chi connectivity index (χ1v) is 9.91. The van der Waals surface area contributed by atoms with Gasteiger partial charge in [-0.2, -0.15) is 0 Å².